The van der Waals surface area contributed by atoms with Crippen molar-refractivity contribution >= 4 is 17.2 Å². The van der Waals surface area contributed by atoms with E-state index in [1.807, 2.05) is 65.6 Å². The van der Waals surface area contributed by atoms with E-state index in [4.69, 9.17) is 18.9 Å². The third-order valence-corrected chi connectivity index (χ3v) is 8.02. The monoisotopic (exact) mass is 513 g/mol. The van der Waals surface area contributed by atoms with Gasteiger partial charge in [-0.1, -0.05) is 30.3 Å². The summed E-state index contributed by atoms with van der Waals surface area (Å²) in [6.07, 6.45) is 0.741. The number of carbonyl (C=O) groups excluding carboxylic acids is 1. The predicted octanol–water partition coefficient (Wildman–Crippen LogP) is 5.99. The number of hydrogen-bond acceptors (Lipinski definition) is 6. The first kappa shape index (κ1) is 23.4. The van der Waals surface area contributed by atoms with Crippen LogP contribution in [0, 0.1) is 0 Å². The number of carbonyl (C=O) groups is 1. The second-order valence-electron chi connectivity index (χ2n) is 8.99. The maximum atomic E-state index is 14.0. The molecule has 0 radical (unpaired) electrons. The lowest BCUT2D eigenvalue weighted by molar-refractivity contribution is 0.0699. The van der Waals surface area contributed by atoms with Crippen molar-refractivity contribution in [2.45, 2.75) is 12.5 Å². The van der Waals surface area contributed by atoms with Crippen LogP contribution in [0.2, 0.25) is 0 Å². The van der Waals surface area contributed by atoms with Crippen molar-refractivity contribution in [2.24, 2.45) is 0 Å². The maximum Gasteiger partial charge on any atom is 0.264 e. The minimum atomic E-state index is -0.225. The summed E-state index contributed by atoms with van der Waals surface area (Å²) < 4.78 is 22.6. The average Bonchev–Trinajstić information content (AvgIpc) is 3.46. The Morgan fingerprint density at radius 3 is 2.43 bits per heavy atom. The summed E-state index contributed by atoms with van der Waals surface area (Å²) in [5, 5.41) is 0. The summed E-state index contributed by atoms with van der Waals surface area (Å²) in [6, 6.07) is 23.8. The fourth-order valence-corrected chi connectivity index (χ4v) is 6.06. The van der Waals surface area contributed by atoms with Gasteiger partial charge in [0.05, 0.1) is 25.1 Å². The molecule has 6 nitrogen and oxygen atoms in total. The second-order valence-corrected chi connectivity index (χ2v) is 10.1. The van der Waals surface area contributed by atoms with Gasteiger partial charge in [-0.15, -0.1) is 11.3 Å². The molecule has 0 N–H and O–H groups in total. The van der Waals surface area contributed by atoms with Crippen molar-refractivity contribution in [1.29, 1.82) is 0 Å². The summed E-state index contributed by atoms with van der Waals surface area (Å²) in [5.74, 6) is 2.88. The van der Waals surface area contributed by atoms with E-state index < -0.39 is 0 Å². The largest absolute Gasteiger partial charge is 0.493 e. The topological polar surface area (TPSA) is 57.2 Å². The molecule has 1 amide bonds. The van der Waals surface area contributed by atoms with Crippen molar-refractivity contribution in [1.82, 2.24) is 4.90 Å². The molecule has 4 aromatic rings. The van der Waals surface area contributed by atoms with Gasteiger partial charge in [-0.05, 0) is 71.1 Å². The Morgan fingerprint density at radius 1 is 0.892 bits per heavy atom. The van der Waals surface area contributed by atoms with E-state index in [1.54, 1.807) is 14.2 Å². The van der Waals surface area contributed by atoms with Crippen LogP contribution >= 0.6 is 11.3 Å². The summed E-state index contributed by atoms with van der Waals surface area (Å²) in [7, 11) is 3.28. The summed E-state index contributed by atoms with van der Waals surface area (Å²) in [5.41, 5.74) is 4.30. The number of ether oxygens (including phenoxy) is 4. The molecule has 3 aromatic carbocycles. The van der Waals surface area contributed by atoms with E-state index in [2.05, 4.69) is 12.1 Å². The van der Waals surface area contributed by atoms with E-state index >= 15 is 0 Å². The van der Waals surface area contributed by atoms with E-state index in [-0.39, 0.29) is 11.9 Å². The zero-order valence-corrected chi connectivity index (χ0v) is 21.5. The van der Waals surface area contributed by atoms with Crippen molar-refractivity contribution in [3.63, 3.8) is 0 Å². The zero-order chi connectivity index (χ0) is 25.4. The molecule has 1 atom stereocenters. The molecule has 7 heteroatoms. The molecular weight excluding hydrogens is 486 g/mol. The maximum absolute atomic E-state index is 14.0. The molecule has 188 valence electrons. The van der Waals surface area contributed by atoms with Crippen molar-refractivity contribution in [3.05, 3.63) is 94.4 Å². The first-order valence-corrected chi connectivity index (χ1v) is 13.1. The predicted molar refractivity (Wildman–Crippen MR) is 143 cm³/mol. The minimum Gasteiger partial charge on any atom is -0.493 e. The number of nitrogens with zero attached hydrogens (tertiary/aromatic N) is 1. The molecule has 0 fully saturated rings. The standard InChI is InChI=1S/C30H27NO5S/c1-33-24-16-20-12-13-31(29(19-6-4-3-5-7-19)22(20)18-25(24)34-2)30(32)28-11-10-27(37-28)21-8-9-23-26(17-21)36-15-14-35-23/h3-11,16-18,29H,12-15H2,1-2H3. The molecule has 0 spiro atoms. The van der Waals surface area contributed by atoms with Crippen molar-refractivity contribution in [2.75, 3.05) is 34.0 Å². The van der Waals surface area contributed by atoms with Crippen LogP contribution < -0.4 is 18.9 Å². The molecule has 37 heavy (non-hydrogen) atoms. The number of methoxy groups -OCH3 is 2. The van der Waals surface area contributed by atoms with Crippen molar-refractivity contribution < 1.29 is 23.7 Å². The van der Waals surface area contributed by atoms with Crippen LogP contribution in [0.4, 0.5) is 0 Å². The second kappa shape index (κ2) is 9.82. The van der Waals surface area contributed by atoms with Crippen LogP contribution in [0.25, 0.3) is 10.4 Å². The number of amides is 1. The van der Waals surface area contributed by atoms with Gasteiger partial charge in [0.1, 0.15) is 13.2 Å². The molecule has 2 aliphatic heterocycles. The normalized spacial score (nSPS) is 16.2. The van der Waals surface area contributed by atoms with E-state index in [9.17, 15) is 4.79 Å². The molecule has 0 bridgehead atoms. The van der Waals surface area contributed by atoms with Gasteiger partial charge in [-0.2, -0.15) is 0 Å². The lowest BCUT2D eigenvalue weighted by atomic mass is 9.87. The number of benzene rings is 3. The number of thiophene rings is 1. The molecule has 2 aliphatic rings. The van der Waals surface area contributed by atoms with Gasteiger partial charge in [0.25, 0.3) is 5.91 Å². The first-order valence-electron chi connectivity index (χ1n) is 12.3. The van der Waals surface area contributed by atoms with Gasteiger partial charge in [-0.3, -0.25) is 4.79 Å². The van der Waals surface area contributed by atoms with Gasteiger partial charge < -0.3 is 23.8 Å². The van der Waals surface area contributed by atoms with E-state index in [0.29, 0.717) is 36.1 Å². The van der Waals surface area contributed by atoms with Gasteiger partial charge in [-0.25, -0.2) is 0 Å². The molecular formula is C30H27NO5S. The lowest BCUT2D eigenvalue weighted by Crippen LogP contribution is -2.40. The Morgan fingerprint density at radius 2 is 1.65 bits per heavy atom. The number of hydrogen-bond donors (Lipinski definition) is 0. The van der Waals surface area contributed by atoms with Gasteiger partial charge >= 0.3 is 0 Å². The van der Waals surface area contributed by atoms with Crippen LogP contribution in [-0.2, 0) is 6.42 Å². The third-order valence-electron chi connectivity index (χ3n) is 6.89. The highest BCUT2D eigenvalue weighted by atomic mass is 32.1. The number of rotatable bonds is 5. The number of fused-ring (bicyclic) bond motifs is 2. The fourth-order valence-electron chi connectivity index (χ4n) is 5.11. The molecule has 0 aliphatic carbocycles. The average molecular weight is 514 g/mol. The van der Waals surface area contributed by atoms with Gasteiger partial charge in [0, 0.05) is 11.4 Å². The zero-order valence-electron chi connectivity index (χ0n) is 20.7. The highest BCUT2D eigenvalue weighted by molar-refractivity contribution is 7.17. The van der Waals surface area contributed by atoms with Gasteiger partial charge in [0.2, 0.25) is 0 Å². The van der Waals surface area contributed by atoms with E-state index in [1.165, 1.54) is 16.9 Å². The van der Waals surface area contributed by atoms with Crippen LogP contribution in [0.3, 0.4) is 0 Å². The molecule has 0 saturated heterocycles. The Hall–Kier alpha value is -3.97. The summed E-state index contributed by atoms with van der Waals surface area (Å²) in [6.45, 7) is 1.71. The lowest BCUT2D eigenvalue weighted by Gasteiger charge is -2.38. The van der Waals surface area contributed by atoms with Crippen LogP contribution in [0.5, 0.6) is 23.0 Å². The van der Waals surface area contributed by atoms with Crippen LogP contribution in [0.15, 0.2) is 72.8 Å². The smallest absolute Gasteiger partial charge is 0.264 e. The van der Waals surface area contributed by atoms with Gasteiger partial charge in [0.15, 0.2) is 23.0 Å². The van der Waals surface area contributed by atoms with E-state index in [0.717, 1.165) is 39.5 Å². The minimum absolute atomic E-state index is 0.0167. The molecule has 6 rings (SSSR count). The highest BCUT2D eigenvalue weighted by Crippen LogP contribution is 2.43. The Balaban J connectivity index is 1.36. The fraction of sp³-hybridized carbons (Fsp3) is 0.233. The quantitative estimate of drug-likeness (QED) is 0.328. The highest BCUT2D eigenvalue weighted by Gasteiger charge is 2.34. The molecule has 3 heterocycles. The SMILES string of the molecule is COc1cc2c(cc1OC)C(c1ccccc1)N(C(=O)c1ccc(-c3ccc4c(c3)OCCO4)s1)CC2. The Labute approximate surface area is 220 Å². The molecule has 1 aromatic heterocycles. The van der Waals surface area contributed by atoms with Crippen LogP contribution in [-0.4, -0.2) is 44.8 Å². The Kier molecular flexibility index (Phi) is 6.22. The first-order chi connectivity index (χ1) is 18.2. The third kappa shape index (κ3) is 4.29. The van der Waals surface area contributed by atoms with Crippen molar-refractivity contribution in [3.8, 4) is 33.4 Å². The summed E-state index contributed by atoms with van der Waals surface area (Å²) >= 11 is 1.50. The Bertz CT molecular complexity index is 1450. The summed E-state index contributed by atoms with van der Waals surface area (Å²) in [4.78, 5) is 17.7. The molecule has 0 saturated carbocycles. The molecule has 1 unspecified atom stereocenters. The van der Waals surface area contributed by atoms with Crippen LogP contribution in [0.1, 0.15) is 32.4 Å².